The monoisotopic (exact) mass is 179 g/mol. The summed E-state index contributed by atoms with van der Waals surface area (Å²) in [7, 11) is 1.81. The van der Waals surface area contributed by atoms with E-state index in [0.29, 0.717) is 11.6 Å². The average molecular weight is 179 g/mol. The molecule has 70 valence electrons. The van der Waals surface area contributed by atoms with Crippen LogP contribution in [0.15, 0.2) is 12.3 Å². The number of nitrogens with zero attached hydrogens (tertiary/aromatic N) is 3. The van der Waals surface area contributed by atoms with E-state index in [9.17, 15) is 4.79 Å². The molecular formula is C9H13N3O. The topological polar surface area (TPSA) is 38.1 Å². The van der Waals surface area contributed by atoms with Crippen molar-refractivity contribution in [3.05, 3.63) is 18.0 Å². The van der Waals surface area contributed by atoms with E-state index in [2.05, 4.69) is 12.0 Å². The molecule has 0 N–H and O–H groups in total. The van der Waals surface area contributed by atoms with Crippen LogP contribution in [0, 0.1) is 5.92 Å². The summed E-state index contributed by atoms with van der Waals surface area (Å²) in [5, 5.41) is 4.06. The van der Waals surface area contributed by atoms with Gasteiger partial charge in [-0.3, -0.25) is 9.48 Å². The minimum atomic E-state index is 0.0544. The van der Waals surface area contributed by atoms with Gasteiger partial charge in [-0.25, -0.2) is 0 Å². The standard InChI is InChI=1S/C9H13N3O/c1-7-5-12(6-7)9(13)8-3-4-11(2)10-8/h3-4,7H,5-6H2,1-2H3. The van der Waals surface area contributed by atoms with Gasteiger partial charge < -0.3 is 4.90 Å². The molecule has 0 aliphatic carbocycles. The van der Waals surface area contributed by atoms with Gasteiger partial charge in [0.15, 0.2) is 0 Å². The fourth-order valence-electron chi connectivity index (χ4n) is 1.56. The lowest BCUT2D eigenvalue weighted by Gasteiger charge is -2.36. The Bertz CT molecular complexity index is 325. The molecule has 0 radical (unpaired) electrons. The molecule has 4 heteroatoms. The van der Waals surface area contributed by atoms with Crippen LogP contribution < -0.4 is 0 Å². The van der Waals surface area contributed by atoms with Crippen LogP contribution in [0.25, 0.3) is 0 Å². The molecule has 1 aromatic heterocycles. The fourth-order valence-corrected chi connectivity index (χ4v) is 1.56. The van der Waals surface area contributed by atoms with Crippen LogP contribution in [0.4, 0.5) is 0 Å². The van der Waals surface area contributed by atoms with E-state index in [1.54, 1.807) is 16.9 Å². The Morgan fingerprint density at radius 3 is 2.77 bits per heavy atom. The first kappa shape index (κ1) is 8.29. The molecule has 2 heterocycles. The number of aromatic nitrogens is 2. The van der Waals surface area contributed by atoms with E-state index >= 15 is 0 Å². The number of hydrogen-bond donors (Lipinski definition) is 0. The van der Waals surface area contributed by atoms with Gasteiger partial charge in [-0.05, 0) is 12.0 Å². The van der Waals surface area contributed by atoms with E-state index in [-0.39, 0.29) is 5.91 Å². The normalized spacial score (nSPS) is 17.2. The van der Waals surface area contributed by atoms with Crippen LogP contribution in [0.1, 0.15) is 17.4 Å². The number of aryl methyl sites for hydroxylation is 1. The fraction of sp³-hybridized carbons (Fsp3) is 0.556. The third-order valence-corrected chi connectivity index (χ3v) is 2.28. The average Bonchev–Trinajstić information content (AvgIpc) is 2.45. The summed E-state index contributed by atoms with van der Waals surface area (Å²) in [6, 6.07) is 1.76. The first-order chi connectivity index (χ1) is 6.16. The van der Waals surface area contributed by atoms with Crippen molar-refractivity contribution in [1.29, 1.82) is 0 Å². The summed E-state index contributed by atoms with van der Waals surface area (Å²) in [6.45, 7) is 3.88. The number of rotatable bonds is 1. The van der Waals surface area contributed by atoms with Gasteiger partial charge in [0.2, 0.25) is 0 Å². The maximum atomic E-state index is 11.6. The third kappa shape index (κ3) is 1.43. The summed E-state index contributed by atoms with van der Waals surface area (Å²) in [5.74, 6) is 0.700. The van der Waals surface area contributed by atoms with Crippen molar-refractivity contribution < 1.29 is 4.79 Å². The minimum Gasteiger partial charge on any atom is -0.337 e. The van der Waals surface area contributed by atoms with Crippen LogP contribution in [0.2, 0.25) is 0 Å². The van der Waals surface area contributed by atoms with Crippen LogP contribution in [0.5, 0.6) is 0 Å². The van der Waals surface area contributed by atoms with Crippen molar-refractivity contribution >= 4 is 5.91 Å². The van der Waals surface area contributed by atoms with Gasteiger partial charge in [-0.2, -0.15) is 5.10 Å². The van der Waals surface area contributed by atoms with Crippen molar-refractivity contribution in [3.8, 4) is 0 Å². The number of amides is 1. The molecule has 0 bridgehead atoms. The molecule has 0 unspecified atom stereocenters. The molecule has 0 spiro atoms. The second kappa shape index (κ2) is 2.87. The molecular weight excluding hydrogens is 166 g/mol. The van der Waals surface area contributed by atoms with Crippen LogP contribution in [-0.4, -0.2) is 33.7 Å². The van der Waals surface area contributed by atoms with Crippen molar-refractivity contribution in [1.82, 2.24) is 14.7 Å². The second-order valence-corrected chi connectivity index (χ2v) is 3.69. The first-order valence-electron chi connectivity index (χ1n) is 4.46. The van der Waals surface area contributed by atoms with Crippen molar-refractivity contribution in [3.63, 3.8) is 0 Å². The molecule has 2 rings (SSSR count). The number of carbonyl (C=O) groups excluding carboxylic acids is 1. The molecule has 0 atom stereocenters. The van der Waals surface area contributed by atoms with Gasteiger partial charge in [-0.15, -0.1) is 0 Å². The van der Waals surface area contributed by atoms with Gasteiger partial charge in [0.05, 0.1) is 0 Å². The summed E-state index contributed by atoms with van der Waals surface area (Å²) < 4.78 is 1.65. The first-order valence-corrected chi connectivity index (χ1v) is 4.46. The second-order valence-electron chi connectivity index (χ2n) is 3.69. The van der Waals surface area contributed by atoms with Crippen molar-refractivity contribution in [2.24, 2.45) is 13.0 Å². The van der Waals surface area contributed by atoms with Gasteiger partial charge in [-0.1, -0.05) is 6.92 Å². The molecule has 0 saturated carbocycles. The van der Waals surface area contributed by atoms with Gasteiger partial charge in [0.1, 0.15) is 5.69 Å². The molecule has 1 fully saturated rings. The molecule has 1 aliphatic heterocycles. The van der Waals surface area contributed by atoms with Crippen molar-refractivity contribution in [2.75, 3.05) is 13.1 Å². The Balaban J connectivity index is 2.06. The quantitative estimate of drug-likeness (QED) is 0.630. The zero-order valence-corrected chi connectivity index (χ0v) is 7.90. The Morgan fingerprint density at radius 2 is 2.31 bits per heavy atom. The Hall–Kier alpha value is -1.32. The zero-order valence-electron chi connectivity index (χ0n) is 7.90. The molecule has 13 heavy (non-hydrogen) atoms. The summed E-state index contributed by atoms with van der Waals surface area (Å²) >= 11 is 0. The highest BCUT2D eigenvalue weighted by Crippen LogP contribution is 2.16. The van der Waals surface area contributed by atoms with E-state index in [0.717, 1.165) is 13.1 Å². The lowest BCUT2D eigenvalue weighted by molar-refractivity contribution is 0.0523. The smallest absolute Gasteiger partial charge is 0.274 e. The van der Waals surface area contributed by atoms with Gasteiger partial charge in [0, 0.05) is 26.3 Å². The van der Waals surface area contributed by atoms with Crippen molar-refractivity contribution in [2.45, 2.75) is 6.92 Å². The van der Waals surface area contributed by atoms with Crippen LogP contribution in [-0.2, 0) is 7.05 Å². The summed E-state index contributed by atoms with van der Waals surface area (Å²) in [4.78, 5) is 13.5. The van der Waals surface area contributed by atoms with E-state index in [1.807, 2.05) is 11.9 Å². The number of hydrogen-bond acceptors (Lipinski definition) is 2. The van der Waals surface area contributed by atoms with Crippen LogP contribution in [0.3, 0.4) is 0 Å². The van der Waals surface area contributed by atoms with E-state index in [4.69, 9.17) is 0 Å². The van der Waals surface area contributed by atoms with E-state index < -0.39 is 0 Å². The summed E-state index contributed by atoms with van der Waals surface area (Å²) in [6.07, 6.45) is 1.79. The molecule has 1 amide bonds. The number of carbonyl (C=O) groups is 1. The lowest BCUT2D eigenvalue weighted by atomic mass is 10.0. The molecule has 0 aromatic carbocycles. The maximum absolute atomic E-state index is 11.6. The highest BCUT2D eigenvalue weighted by molar-refractivity contribution is 5.92. The van der Waals surface area contributed by atoms with E-state index in [1.165, 1.54) is 0 Å². The predicted octanol–water partition coefficient (Wildman–Crippen LogP) is 0.512. The maximum Gasteiger partial charge on any atom is 0.274 e. The molecule has 4 nitrogen and oxygen atoms in total. The Labute approximate surface area is 77.1 Å². The van der Waals surface area contributed by atoms with Gasteiger partial charge in [0.25, 0.3) is 5.91 Å². The predicted molar refractivity (Wildman–Crippen MR) is 48.3 cm³/mol. The number of likely N-dealkylation sites (tertiary alicyclic amines) is 1. The molecule has 1 aromatic rings. The Morgan fingerprint density at radius 1 is 1.62 bits per heavy atom. The SMILES string of the molecule is CC1CN(C(=O)c2ccn(C)n2)C1. The molecule has 1 saturated heterocycles. The molecule has 1 aliphatic rings. The summed E-state index contributed by atoms with van der Waals surface area (Å²) in [5.41, 5.74) is 0.550. The Kier molecular flexibility index (Phi) is 1.83. The zero-order chi connectivity index (χ0) is 9.42. The third-order valence-electron chi connectivity index (χ3n) is 2.28. The van der Waals surface area contributed by atoms with Crippen LogP contribution >= 0.6 is 0 Å². The highest BCUT2D eigenvalue weighted by Gasteiger charge is 2.28. The highest BCUT2D eigenvalue weighted by atomic mass is 16.2. The minimum absolute atomic E-state index is 0.0544. The van der Waals surface area contributed by atoms with Gasteiger partial charge >= 0.3 is 0 Å². The largest absolute Gasteiger partial charge is 0.337 e. The lowest BCUT2D eigenvalue weighted by Crippen LogP contribution is -2.48.